The lowest BCUT2D eigenvalue weighted by molar-refractivity contribution is 0.0959. The normalized spacial score (nSPS) is 14.8. The second-order valence-electron chi connectivity index (χ2n) is 7.03. The van der Waals surface area contributed by atoms with Gasteiger partial charge in [-0.2, -0.15) is 0 Å². The van der Waals surface area contributed by atoms with Crippen LogP contribution in [0.25, 0.3) is 0 Å². The molecule has 0 saturated carbocycles. The minimum absolute atomic E-state index is 0.0685. The highest BCUT2D eigenvalue weighted by Crippen LogP contribution is 2.13. The number of urea groups is 1. The summed E-state index contributed by atoms with van der Waals surface area (Å²) in [4.78, 5) is 28.0. The maximum absolute atomic E-state index is 12.2. The number of benzene rings is 1. The molecule has 1 aliphatic rings. The van der Waals surface area contributed by atoms with Crippen molar-refractivity contribution >= 4 is 17.8 Å². The largest absolute Gasteiger partial charge is 0.450 e. The van der Waals surface area contributed by atoms with E-state index in [1.807, 2.05) is 12.1 Å². The lowest BCUT2D eigenvalue weighted by atomic mass is 10.1. The number of carbonyl (C=O) groups excluding carboxylic acids is 2. The number of nitrogens with zero attached hydrogens (tertiary/aromatic N) is 2. The van der Waals surface area contributed by atoms with Crippen molar-refractivity contribution in [3.8, 4) is 0 Å². The van der Waals surface area contributed by atoms with Crippen LogP contribution in [-0.2, 0) is 11.2 Å². The molecule has 0 spiro atoms. The second-order valence-corrected chi connectivity index (χ2v) is 7.03. The van der Waals surface area contributed by atoms with E-state index >= 15 is 0 Å². The molecule has 156 valence electrons. The van der Waals surface area contributed by atoms with E-state index in [4.69, 9.17) is 4.74 Å². The van der Waals surface area contributed by atoms with Crippen LogP contribution in [0.1, 0.15) is 39.2 Å². The molecule has 1 fully saturated rings. The van der Waals surface area contributed by atoms with Crippen molar-refractivity contribution in [1.82, 2.24) is 15.1 Å². The number of likely N-dealkylation sites (tertiary alicyclic amines) is 1. The second kappa shape index (κ2) is 11.5. The minimum atomic E-state index is -0.272. The van der Waals surface area contributed by atoms with Crippen molar-refractivity contribution in [3.05, 3.63) is 29.8 Å². The van der Waals surface area contributed by atoms with E-state index in [1.165, 1.54) is 5.56 Å². The standard InChI is InChI=1S/C21H34N4O3/c1-4-24(5-2)14-11-17-7-9-18(10-8-17)22-20(26)23-19-12-15-25(16-13-19)21(27)28-6-3/h7-10,19H,4-6,11-16H2,1-3H3,(H2,22,23,26). The number of ether oxygens (including phenoxy) is 1. The topological polar surface area (TPSA) is 73.9 Å². The third kappa shape index (κ3) is 7.03. The van der Waals surface area contributed by atoms with Crippen LogP contribution in [0.4, 0.5) is 15.3 Å². The summed E-state index contributed by atoms with van der Waals surface area (Å²) < 4.78 is 5.01. The zero-order valence-electron chi connectivity index (χ0n) is 17.4. The molecule has 0 aromatic heterocycles. The van der Waals surface area contributed by atoms with Crippen LogP contribution in [0.2, 0.25) is 0 Å². The Labute approximate surface area is 168 Å². The molecule has 3 amide bonds. The van der Waals surface area contributed by atoms with Crippen LogP contribution in [0.15, 0.2) is 24.3 Å². The van der Waals surface area contributed by atoms with Gasteiger partial charge < -0.3 is 25.2 Å². The predicted molar refractivity (Wildman–Crippen MR) is 112 cm³/mol. The van der Waals surface area contributed by atoms with Crippen LogP contribution in [0.3, 0.4) is 0 Å². The number of carbonyl (C=O) groups is 2. The summed E-state index contributed by atoms with van der Waals surface area (Å²) in [7, 11) is 0. The van der Waals surface area contributed by atoms with Crippen molar-refractivity contribution in [2.45, 2.75) is 46.1 Å². The zero-order chi connectivity index (χ0) is 20.4. The third-order valence-electron chi connectivity index (χ3n) is 5.18. The SMILES string of the molecule is CCOC(=O)N1CCC(NC(=O)Nc2ccc(CCN(CC)CC)cc2)CC1. The Morgan fingerprint density at radius 1 is 1.11 bits per heavy atom. The number of hydrogen-bond acceptors (Lipinski definition) is 4. The number of anilines is 1. The zero-order valence-corrected chi connectivity index (χ0v) is 17.4. The molecular formula is C21H34N4O3. The molecule has 1 aliphatic heterocycles. The van der Waals surface area contributed by atoms with Crippen LogP contribution in [0, 0.1) is 0 Å². The summed E-state index contributed by atoms with van der Waals surface area (Å²) in [6.45, 7) is 10.9. The van der Waals surface area contributed by atoms with E-state index in [-0.39, 0.29) is 18.2 Å². The first-order valence-corrected chi connectivity index (χ1v) is 10.4. The molecule has 0 aliphatic carbocycles. The number of likely N-dealkylation sites (N-methyl/N-ethyl adjacent to an activating group) is 1. The number of rotatable bonds is 8. The number of amides is 3. The Morgan fingerprint density at radius 2 is 1.75 bits per heavy atom. The summed E-state index contributed by atoms with van der Waals surface area (Å²) in [5, 5.41) is 5.89. The highest BCUT2D eigenvalue weighted by molar-refractivity contribution is 5.89. The summed E-state index contributed by atoms with van der Waals surface area (Å²) in [5.74, 6) is 0. The van der Waals surface area contributed by atoms with Crippen LogP contribution >= 0.6 is 0 Å². The fourth-order valence-electron chi connectivity index (χ4n) is 3.36. The van der Waals surface area contributed by atoms with Gasteiger partial charge in [0, 0.05) is 31.4 Å². The molecule has 1 heterocycles. The highest BCUT2D eigenvalue weighted by atomic mass is 16.6. The van der Waals surface area contributed by atoms with Gasteiger partial charge in [0.15, 0.2) is 0 Å². The maximum Gasteiger partial charge on any atom is 0.409 e. The smallest absolute Gasteiger partial charge is 0.409 e. The van der Waals surface area contributed by atoms with Crippen LogP contribution < -0.4 is 10.6 Å². The van der Waals surface area contributed by atoms with Gasteiger partial charge in [-0.05, 0) is 57.0 Å². The van der Waals surface area contributed by atoms with Gasteiger partial charge in [-0.3, -0.25) is 0 Å². The Morgan fingerprint density at radius 3 is 2.32 bits per heavy atom. The summed E-state index contributed by atoms with van der Waals surface area (Å²) in [6.07, 6.45) is 2.20. The van der Waals surface area contributed by atoms with Crippen LogP contribution in [-0.4, -0.2) is 67.3 Å². The molecule has 0 unspecified atom stereocenters. The predicted octanol–water partition coefficient (Wildman–Crippen LogP) is 3.31. The molecule has 1 aromatic carbocycles. The summed E-state index contributed by atoms with van der Waals surface area (Å²) in [5.41, 5.74) is 2.05. The Balaban J connectivity index is 1.72. The Kier molecular flexibility index (Phi) is 9.07. The molecule has 28 heavy (non-hydrogen) atoms. The van der Waals surface area contributed by atoms with Crippen LogP contribution in [0.5, 0.6) is 0 Å². The molecule has 2 rings (SSSR count). The fourth-order valence-corrected chi connectivity index (χ4v) is 3.36. The first-order valence-electron chi connectivity index (χ1n) is 10.4. The molecule has 0 radical (unpaired) electrons. The molecule has 0 bridgehead atoms. The lowest BCUT2D eigenvalue weighted by Gasteiger charge is -2.31. The molecule has 0 atom stereocenters. The quantitative estimate of drug-likeness (QED) is 0.714. The molecule has 1 saturated heterocycles. The van der Waals surface area contributed by atoms with Gasteiger partial charge in [0.1, 0.15) is 0 Å². The first-order chi connectivity index (χ1) is 13.5. The minimum Gasteiger partial charge on any atom is -0.450 e. The van der Waals surface area contributed by atoms with Crippen molar-refractivity contribution in [1.29, 1.82) is 0 Å². The average Bonchev–Trinajstić information content (AvgIpc) is 2.70. The van der Waals surface area contributed by atoms with Gasteiger partial charge in [0.05, 0.1) is 6.61 Å². The van der Waals surface area contributed by atoms with E-state index in [0.717, 1.165) is 44.6 Å². The van der Waals surface area contributed by atoms with Crippen molar-refractivity contribution in [3.63, 3.8) is 0 Å². The van der Waals surface area contributed by atoms with E-state index in [1.54, 1.807) is 11.8 Å². The number of hydrogen-bond donors (Lipinski definition) is 2. The molecule has 7 nitrogen and oxygen atoms in total. The number of piperidine rings is 1. The molecule has 2 N–H and O–H groups in total. The van der Waals surface area contributed by atoms with Crippen molar-refractivity contribution < 1.29 is 14.3 Å². The first kappa shape index (κ1) is 22.0. The van der Waals surface area contributed by atoms with Gasteiger partial charge in [-0.1, -0.05) is 26.0 Å². The number of nitrogens with one attached hydrogen (secondary N) is 2. The van der Waals surface area contributed by atoms with Gasteiger partial charge in [-0.15, -0.1) is 0 Å². The van der Waals surface area contributed by atoms with Gasteiger partial charge >= 0.3 is 12.1 Å². The van der Waals surface area contributed by atoms with Crippen molar-refractivity contribution in [2.24, 2.45) is 0 Å². The summed E-state index contributed by atoms with van der Waals surface area (Å²) >= 11 is 0. The monoisotopic (exact) mass is 390 g/mol. The van der Waals surface area contributed by atoms with Crippen molar-refractivity contribution in [2.75, 3.05) is 44.6 Å². The highest BCUT2D eigenvalue weighted by Gasteiger charge is 2.24. The van der Waals surface area contributed by atoms with Gasteiger partial charge in [-0.25, -0.2) is 9.59 Å². The Hall–Kier alpha value is -2.28. The Bertz CT molecular complexity index is 609. The molecule has 7 heteroatoms. The third-order valence-corrected chi connectivity index (χ3v) is 5.18. The van der Waals surface area contributed by atoms with E-state index in [9.17, 15) is 9.59 Å². The van der Waals surface area contributed by atoms with E-state index in [2.05, 4.69) is 41.5 Å². The lowest BCUT2D eigenvalue weighted by Crippen LogP contribution is -2.47. The average molecular weight is 391 g/mol. The maximum atomic E-state index is 12.2. The van der Waals surface area contributed by atoms with Gasteiger partial charge in [0.2, 0.25) is 0 Å². The molecular weight excluding hydrogens is 356 g/mol. The van der Waals surface area contributed by atoms with Gasteiger partial charge in [0.25, 0.3) is 0 Å². The molecule has 1 aromatic rings. The summed E-state index contributed by atoms with van der Waals surface area (Å²) in [6, 6.07) is 7.89. The van der Waals surface area contributed by atoms with E-state index < -0.39 is 0 Å². The van der Waals surface area contributed by atoms with E-state index in [0.29, 0.717) is 19.7 Å². The fraction of sp³-hybridized carbons (Fsp3) is 0.619.